The molecule has 0 spiro atoms. The van der Waals surface area contributed by atoms with E-state index >= 15 is 0 Å². The van der Waals surface area contributed by atoms with Crippen molar-refractivity contribution in [1.29, 1.82) is 0 Å². The maximum atomic E-state index is 5.91. The lowest BCUT2D eigenvalue weighted by Gasteiger charge is -2.05. The Hall–Kier alpha value is -1.56. The average molecular weight is 237 g/mol. The SMILES string of the molecule is Cc1csc(CNc2c(N)c(C)nn2C)n1. The number of aromatic nitrogens is 3. The molecule has 0 aromatic carbocycles. The average Bonchev–Trinajstić information content (AvgIpc) is 2.72. The Bertz CT molecular complexity index is 499. The van der Waals surface area contributed by atoms with Crippen molar-refractivity contribution in [2.24, 2.45) is 7.05 Å². The van der Waals surface area contributed by atoms with Crippen LogP contribution in [0.25, 0.3) is 0 Å². The minimum absolute atomic E-state index is 0.682. The van der Waals surface area contributed by atoms with Gasteiger partial charge in [-0.1, -0.05) is 0 Å². The number of nitrogen functional groups attached to an aromatic ring is 1. The van der Waals surface area contributed by atoms with Crippen LogP contribution in [-0.2, 0) is 13.6 Å². The zero-order valence-electron chi connectivity index (χ0n) is 9.61. The number of nitrogens with two attached hydrogens (primary N) is 1. The number of nitrogens with one attached hydrogen (secondary N) is 1. The monoisotopic (exact) mass is 237 g/mol. The van der Waals surface area contributed by atoms with Gasteiger partial charge in [0.2, 0.25) is 0 Å². The first-order valence-corrected chi connectivity index (χ1v) is 5.90. The van der Waals surface area contributed by atoms with Crippen molar-refractivity contribution in [1.82, 2.24) is 14.8 Å². The van der Waals surface area contributed by atoms with Crippen molar-refractivity contribution >= 4 is 22.8 Å². The van der Waals surface area contributed by atoms with Crippen molar-refractivity contribution in [3.63, 3.8) is 0 Å². The zero-order chi connectivity index (χ0) is 11.7. The summed E-state index contributed by atoms with van der Waals surface area (Å²) in [6, 6.07) is 0. The molecule has 0 amide bonds. The van der Waals surface area contributed by atoms with Crippen molar-refractivity contribution in [3.8, 4) is 0 Å². The lowest BCUT2D eigenvalue weighted by Crippen LogP contribution is -2.06. The Morgan fingerprint density at radius 2 is 2.25 bits per heavy atom. The Labute approximate surface area is 98.3 Å². The van der Waals surface area contributed by atoms with Gasteiger partial charge in [0.25, 0.3) is 0 Å². The Kier molecular flexibility index (Phi) is 2.82. The van der Waals surface area contributed by atoms with E-state index in [0.717, 1.165) is 22.2 Å². The zero-order valence-corrected chi connectivity index (χ0v) is 10.4. The molecule has 5 nitrogen and oxygen atoms in total. The molecule has 0 atom stereocenters. The minimum atomic E-state index is 0.682. The first-order chi connectivity index (χ1) is 7.58. The summed E-state index contributed by atoms with van der Waals surface area (Å²) < 4.78 is 1.76. The molecule has 2 rings (SSSR count). The van der Waals surface area contributed by atoms with Crippen LogP contribution in [0.4, 0.5) is 11.5 Å². The van der Waals surface area contributed by atoms with E-state index in [1.165, 1.54) is 0 Å². The fourth-order valence-corrected chi connectivity index (χ4v) is 2.24. The third-order valence-electron chi connectivity index (χ3n) is 2.34. The molecular formula is C10H15N5S. The molecule has 0 unspecified atom stereocenters. The second-order valence-electron chi connectivity index (χ2n) is 3.71. The molecule has 6 heteroatoms. The molecule has 2 heterocycles. The number of nitrogens with zero attached hydrogens (tertiary/aromatic N) is 3. The first-order valence-electron chi connectivity index (χ1n) is 5.02. The smallest absolute Gasteiger partial charge is 0.148 e. The lowest BCUT2D eigenvalue weighted by molar-refractivity contribution is 0.758. The van der Waals surface area contributed by atoms with Crippen LogP contribution in [-0.4, -0.2) is 14.8 Å². The number of anilines is 2. The largest absolute Gasteiger partial charge is 0.394 e. The summed E-state index contributed by atoms with van der Waals surface area (Å²) in [5, 5.41) is 10.6. The molecular weight excluding hydrogens is 222 g/mol. The van der Waals surface area contributed by atoms with Gasteiger partial charge in [0.15, 0.2) is 0 Å². The summed E-state index contributed by atoms with van der Waals surface area (Å²) in [7, 11) is 1.87. The Balaban J connectivity index is 2.10. The van der Waals surface area contributed by atoms with E-state index in [1.807, 2.05) is 26.3 Å². The van der Waals surface area contributed by atoms with Crippen LogP contribution >= 0.6 is 11.3 Å². The van der Waals surface area contributed by atoms with Crippen LogP contribution in [0.5, 0.6) is 0 Å². The van der Waals surface area contributed by atoms with Crippen LogP contribution < -0.4 is 11.1 Å². The van der Waals surface area contributed by atoms with Crippen LogP contribution in [0, 0.1) is 13.8 Å². The fraction of sp³-hybridized carbons (Fsp3) is 0.400. The van der Waals surface area contributed by atoms with Gasteiger partial charge in [-0.3, -0.25) is 4.68 Å². The highest BCUT2D eigenvalue weighted by Crippen LogP contribution is 2.21. The van der Waals surface area contributed by atoms with E-state index in [1.54, 1.807) is 16.0 Å². The van der Waals surface area contributed by atoms with Crippen molar-refractivity contribution < 1.29 is 0 Å². The molecule has 0 saturated heterocycles. The van der Waals surface area contributed by atoms with E-state index < -0.39 is 0 Å². The number of aryl methyl sites for hydroxylation is 3. The molecule has 0 aliphatic heterocycles. The van der Waals surface area contributed by atoms with Gasteiger partial charge in [-0.2, -0.15) is 5.10 Å². The predicted molar refractivity (Wildman–Crippen MR) is 66.5 cm³/mol. The summed E-state index contributed by atoms with van der Waals surface area (Å²) in [6.07, 6.45) is 0. The molecule has 0 aliphatic carbocycles. The van der Waals surface area contributed by atoms with Crippen molar-refractivity contribution in [3.05, 3.63) is 21.8 Å². The van der Waals surface area contributed by atoms with Crippen LogP contribution in [0.3, 0.4) is 0 Å². The normalized spacial score (nSPS) is 10.7. The molecule has 3 N–H and O–H groups in total. The van der Waals surface area contributed by atoms with E-state index in [0.29, 0.717) is 12.2 Å². The standard InChI is InChI=1S/C10H15N5S/c1-6-5-16-8(13-6)4-12-10-9(11)7(2)14-15(10)3/h5,12H,4,11H2,1-3H3. The number of hydrogen-bond donors (Lipinski definition) is 2. The van der Waals surface area contributed by atoms with Gasteiger partial charge < -0.3 is 11.1 Å². The maximum Gasteiger partial charge on any atom is 0.148 e. The molecule has 0 fully saturated rings. The van der Waals surface area contributed by atoms with Gasteiger partial charge in [0.1, 0.15) is 10.8 Å². The van der Waals surface area contributed by atoms with Crippen molar-refractivity contribution in [2.75, 3.05) is 11.1 Å². The summed E-state index contributed by atoms with van der Waals surface area (Å²) in [4.78, 5) is 4.38. The number of rotatable bonds is 3. The quantitative estimate of drug-likeness (QED) is 0.852. The maximum absolute atomic E-state index is 5.91. The molecule has 0 saturated carbocycles. The highest BCUT2D eigenvalue weighted by atomic mass is 32.1. The molecule has 2 aromatic heterocycles. The van der Waals surface area contributed by atoms with Gasteiger partial charge in [-0.05, 0) is 13.8 Å². The second-order valence-corrected chi connectivity index (χ2v) is 4.65. The predicted octanol–water partition coefficient (Wildman–Crippen LogP) is 1.69. The van der Waals surface area contributed by atoms with Gasteiger partial charge in [-0.25, -0.2) is 4.98 Å². The summed E-state index contributed by atoms with van der Waals surface area (Å²) in [5.41, 5.74) is 8.51. The summed E-state index contributed by atoms with van der Waals surface area (Å²) in [5.74, 6) is 0.852. The highest BCUT2D eigenvalue weighted by molar-refractivity contribution is 7.09. The van der Waals surface area contributed by atoms with E-state index in [2.05, 4.69) is 15.4 Å². The topological polar surface area (TPSA) is 68.8 Å². The van der Waals surface area contributed by atoms with Crippen LogP contribution in [0.2, 0.25) is 0 Å². The molecule has 0 aliphatic rings. The molecule has 2 aromatic rings. The van der Waals surface area contributed by atoms with Crippen LogP contribution in [0.1, 0.15) is 16.4 Å². The van der Waals surface area contributed by atoms with E-state index in [4.69, 9.17) is 5.73 Å². The second kappa shape index (κ2) is 4.13. The summed E-state index contributed by atoms with van der Waals surface area (Å²) in [6.45, 7) is 4.57. The minimum Gasteiger partial charge on any atom is -0.394 e. The Morgan fingerprint density at radius 1 is 1.50 bits per heavy atom. The molecule has 0 radical (unpaired) electrons. The van der Waals surface area contributed by atoms with Crippen molar-refractivity contribution in [2.45, 2.75) is 20.4 Å². The van der Waals surface area contributed by atoms with Gasteiger partial charge in [0, 0.05) is 18.1 Å². The molecule has 86 valence electrons. The van der Waals surface area contributed by atoms with E-state index in [9.17, 15) is 0 Å². The number of hydrogen-bond acceptors (Lipinski definition) is 5. The third-order valence-corrected chi connectivity index (χ3v) is 3.31. The Morgan fingerprint density at radius 3 is 2.75 bits per heavy atom. The first kappa shape index (κ1) is 10.9. The summed E-state index contributed by atoms with van der Waals surface area (Å²) >= 11 is 1.64. The highest BCUT2D eigenvalue weighted by Gasteiger charge is 2.09. The lowest BCUT2D eigenvalue weighted by atomic mass is 10.4. The van der Waals surface area contributed by atoms with Gasteiger partial charge in [-0.15, -0.1) is 11.3 Å². The third kappa shape index (κ3) is 2.01. The fourth-order valence-electron chi connectivity index (χ4n) is 1.53. The molecule has 0 bridgehead atoms. The molecule has 16 heavy (non-hydrogen) atoms. The van der Waals surface area contributed by atoms with Crippen LogP contribution in [0.15, 0.2) is 5.38 Å². The number of thiazole rings is 1. The van der Waals surface area contributed by atoms with Gasteiger partial charge >= 0.3 is 0 Å². The van der Waals surface area contributed by atoms with E-state index in [-0.39, 0.29) is 0 Å². The van der Waals surface area contributed by atoms with Gasteiger partial charge in [0.05, 0.1) is 17.9 Å².